The molecule has 1 aliphatic carbocycles. The Balaban J connectivity index is 2.76. The van der Waals surface area contributed by atoms with Gasteiger partial charge in [0.2, 0.25) is 0 Å². The van der Waals surface area contributed by atoms with E-state index in [4.69, 9.17) is 0 Å². The van der Waals surface area contributed by atoms with Gasteiger partial charge >= 0.3 is 12.1 Å². The predicted molar refractivity (Wildman–Crippen MR) is 65.0 cm³/mol. The van der Waals surface area contributed by atoms with E-state index in [1.54, 1.807) is 13.8 Å². The third kappa shape index (κ3) is 5.36. The summed E-state index contributed by atoms with van der Waals surface area (Å²) in [6.07, 6.45) is -2.90. The van der Waals surface area contributed by atoms with Crippen LogP contribution >= 0.6 is 0 Å². The molecule has 0 heterocycles. The average molecular weight is 282 g/mol. The topological polar surface area (TPSA) is 52.6 Å². The lowest BCUT2D eigenvalue weighted by Crippen LogP contribution is -2.60. The number of alkyl halides is 3. The fourth-order valence-corrected chi connectivity index (χ4v) is 2.20. The molecule has 0 aromatic heterocycles. The number of rotatable bonds is 7. The maximum Gasteiger partial charge on any atom is 0.401 e. The normalized spacial score (nSPS) is 19.8. The van der Waals surface area contributed by atoms with E-state index in [0.717, 1.165) is 0 Å². The van der Waals surface area contributed by atoms with Crippen molar-refractivity contribution in [3.8, 4) is 0 Å². The zero-order chi connectivity index (χ0) is 14.8. The van der Waals surface area contributed by atoms with Gasteiger partial charge in [0.25, 0.3) is 0 Å². The Kier molecular flexibility index (Phi) is 4.84. The molecule has 0 aliphatic heterocycles. The molecule has 0 radical (unpaired) electrons. The van der Waals surface area contributed by atoms with Gasteiger partial charge in [0, 0.05) is 18.6 Å². The van der Waals surface area contributed by atoms with Crippen LogP contribution in [-0.2, 0) is 4.79 Å². The summed E-state index contributed by atoms with van der Waals surface area (Å²) in [4.78, 5) is 12.6. The van der Waals surface area contributed by atoms with Gasteiger partial charge in [0.05, 0.1) is 6.54 Å². The fraction of sp³-hybridized carbons (Fsp3) is 0.917. The first-order valence-electron chi connectivity index (χ1n) is 6.35. The van der Waals surface area contributed by atoms with E-state index in [1.165, 1.54) is 11.8 Å². The van der Waals surface area contributed by atoms with Crippen LogP contribution in [0.2, 0.25) is 0 Å². The molecule has 0 spiro atoms. The van der Waals surface area contributed by atoms with Crippen molar-refractivity contribution < 1.29 is 23.1 Å². The SMILES string of the molecule is CC(C)NC(C)(CN(CC(F)(F)F)C1CC1)C(=O)O. The summed E-state index contributed by atoms with van der Waals surface area (Å²) in [7, 11) is 0. The van der Waals surface area contributed by atoms with Gasteiger partial charge in [-0.1, -0.05) is 0 Å². The maximum atomic E-state index is 12.5. The van der Waals surface area contributed by atoms with Crippen molar-refractivity contribution in [1.82, 2.24) is 10.2 Å². The molecule has 1 saturated carbocycles. The van der Waals surface area contributed by atoms with Crippen LogP contribution in [0.1, 0.15) is 33.6 Å². The van der Waals surface area contributed by atoms with Crippen molar-refractivity contribution >= 4 is 5.97 Å². The first kappa shape index (κ1) is 16.2. The number of aliphatic carboxylic acids is 1. The number of carboxylic acids is 1. The number of nitrogens with one attached hydrogen (secondary N) is 1. The fourth-order valence-electron chi connectivity index (χ4n) is 2.20. The van der Waals surface area contributed by atoms with Gasteiger partial charge in [0.15, 0.2) is 0 Å². The van der Waals surface area contributed by atoms with Gasteiger partial charge in [-0.15, -0.1) is 0 Å². The van der Waals surface area contributed by atoms with Gasteiger partial charge in [-0.3, -0.25) is 15.0 Å². The Morgan fingerprint density at radius 2 is 1.89 bits per heavy atom. The van der Waals surface area contributed by atoms with Gasteiger partial charge in [0.1, 0.15) is 5.54 Å². The van der Waals surface area contributed by atoms with Crippen LogP contribution in [0.15, 0.2) is 0 Å². The molecule has 0 bridgehead atoms. The van der Waals surface area contributed by atoms with Crippen LogP contribution in [0, 0.1) is 0 Å². The highest BCUT2D eigenvalue weighted by Crippen LogP contribution is 2.31. The second-order valence-electron chi connectivity index (χ2n) is 5.69. The smallest absolute Gasteiger partial charge is 0.401 e. The monoisotopic (exact) mass is 282 g/mol. The molecular formula is C12H21F3N2O2. The van der Waals surface area contributed by atoms with Crippen molar-refractivity contribution in [3.63, 3.8) is 0 Å². The minimum Gasteiger partial charge on any atom is -0.480 e. The molecule has 1 atom stereocenters. The molecule has 2 N–H and O–H groups in total. The van der Waals surface area contributed by atoms with E-state index >= 15 is 0 Å². The Morgan fingerprint density at radius 3 is 2.21 bits per heavy atom. The number of hydrogen-bond acceptors (Lipinski definition) is 3. The van der Waals surface area contributed by atoms with Gasteiger partial charge in [-0.25, -0.2) is 0 Å². The van der Waals surface area contributed by atoms with E-state index in [0.29, 0.717) is 12.8 Å². The van der Waals surface area contributed by atoms with Crippen LogP contribution in [0.25, 0.3) is 0 Å². The van der Waals surface area contributed by atoms with Crippen molar-refractivity contribution in [2.75, 3.05) is 13.1 Å². The maximum absolute atomic E-state index is 12.5. The molecule has 112 valence electrons. The van der Waals surface area contributed by atoms with E-state index in [9.17, 15) is 23.1 Å². The number of carbonyl (C=O) groups is 1. The molecule has 0 saturated heterocycles. The Bertz CT molecular complexity index is 329. The lowest BCUT2D eigenvalue weighted by atomic mass is 10.0. The van der Waals surface area contributed by atoms with Gasteiger partial charge in [-0.05, 0) is 33.6 Å². The molecule has 4 nitrogen and oxygen atoms in total. The molecule has 1 fully saturated rings. The number of nitrogens with zero attached hydrogens (tertiary/aromatic N) is 1. The highest BCUT2D eigenvalue weighted by Gasteiger charge is 2.44. The standard InChI is InChI=1S/C12H21F3N2O2/c1-8(2)16-11(3,10(18)19)6-17(9-4-5-9)7-12(13,14)15/h8-9,16H,4-7H2,1-3H3,(H,18,19). The molecule has 1 unspecified atom stereocenters. The van der Waals surface area contributed by atoms with Crippen LogP contribution in [0.3, 0.4) is 0 Å². The predicted octanol–water partition coefficient (Wildman–Crippen LogP) is 1.85. The molecule has 0 aromatic rings. The number of hydrogen-bond donors (Lipinski definition) is 2. The Morgan fingerprint density at radius 1 is 1.37 bits per heavy atom. The quantitative estimate of drug-likeness (QED) is 0.748. The van der Waals surface area contributed by atoms with E-state index in [-0.39, 0.29) is 18.6 Å². The van der Waals surface area contributed by atoms with Crippen molar-refractivity contribution in [1.29, 1.82) is 0 Å². The number of carboxylic acid groups (broad SMARTS) is 1. The molecule has 7 heteroatoms. The van der Waals surface area contributed by atoms with Gasteiger partial charge < -0.3 is 5.11 Å². The molecular weight excluding hydrogens is 261 g/mol. The third-order valence-corrected chi connectivity index (χ3v) is 3.04. The molecule has 19 heavy (non-hydrogen) atoms. The second-order valence-corrected chi connectivity index (χ2v) is 5.69. The number of halogens is 3. The second kappa shape index (κ2) is 5.66. The summed E-state index contributed by atoms with van der Waals surface area (Å²) in [6, 6.07) is -0.262. The van der Waals surface area contributed by atoms with Crippen LogP contribution in [0.5, 0.6) is 0 Å². The third-order valence-electron chi connectivity index (χ3n) is 3.04. The lowest BCUT2D eigenvalue weighted by Gasteiger charge is -2.35. The highest BCUT2D eigenvalue weighted by atomic mass is 19.4. The van der Waals surface area contributed by atoms with E-state index < -0.39 is 24.2 Å². The summed E-state index contributed by atoms with van der Waals surface area (Å²) in [5.74, 6) is -1.13. The largest absolute Gasteiger partial charge is 0.480 e. The summed E-state index contributed by atoms with van der Waals surface area (Å²) >= 11 is 0. The Hall–Kier alpha value is -0.820. The minimum absolute atomic E-state index is 0.118. The van der Waals surface area contributed by atoms with Crippen LogP contribution < -0.4 is 5.32 Å². The summed E-state index contributed by atoms with van der Waals surface area (Å²) in [6.45, 7) is 3.77. The molecule has 0 aromatic carbocycles. The zero-order valence-corrected chi connectivity index (χ0v) is 11.4. The first-order valence-corrected chi connectivity index (χ1v) is 6.35. The summed E-state index contributed by atoms with van der Waals surface area (Å²) in [5.41, 5.74) is -1.37. The lowest BCUT2D eigenvalue weighted by molar-refractivity contribution is -0.157. The Labute approximate surface area is 111 Å². The molecule has 1 aliphatic rings. The molecule has 0 amide bonds. The van der Waals surface area contributed by atoms with Crippen molar-refractivity contribution in [2.45, 2.75) is 57.4 Å². The van der Waals surface area contributed by atoms with Crippen LogP contribution in [-0.4, -0.2) is 52.9 Å². The first-order chi connectivity index (χ1) is 8.53. The average Bonchev–Trinajstić information content (AvgIpc) is 2.95. The van der Waals surface area contributed by atoms with E-state index in [1.807, 2.05) is 0 Å². The van der Waals surface area contributed by atoms with Crippen molar-refractivity contribution in [3.05, 3.63) is 0 Å². The zero-order valence-electron chi connectivity index (χ0n) is 11.4. The van der Waals surface area contributed by atoms with Crippen LogP contribution in [0.4, 0.5) is 13.2 Å². The molecule has 1 rings (SSSR count). The van der Waals surface area contributed by atoms with Crippen molar-refractivity contribution in [2.24, 2.45) is 0 Å². The van der Waals surface area contributed by atoms with E-state index in [2.05, 4.69) is 5.32 Å². The minimum atomic E-state index is -4.31. The summed E-state index contributed by atoms with van der Waals surface area (Å²) < 4.78 is 37.6. The highest BCUT2D eigenvalue weighted by molar-refractivity contribution is 5.78. The summed E-state index contributed by atoms with van der Waals surface area (Å²) in [5, 5.41) is 12.1. The van der Waals surface area contributed by atoms with Gasteiger partial charge in [-0.2, -0.15) is 13.2 Å².